The molecule has 0 fully saturated rings. The van der Waals surface area contributed by atoms with Gasteiger partial charge in [-0.2, -0.15) is 0 Å². The summed E-state index contributed by atoms with van der Waals surface area (Å²) in [6.45, 7) is 0.437. The lowest BCUT2D eigenvalue weighted by Gasteiger charge is -2.14. The predicted molar refractivity (Wildman–Crippen MR) is 138 cm³/mol. The molecule has 1 aromatic heterocycles. The van der Waals surface area contributed by atoms with Crippen LogP contribution in [0.1, 0.15) is 26.5 Å². The molecular weight excluding hydrogens is 482 g/mol. The van der Waals surface area contributed by atoms with Gasteiger partial charge in [0.1, 0.15) is 5.82 Å². The number of nitrogens with zero attached hydrogens (tertiary/aromatic N) is 2. The summed E-state index contributed by atoms with van der Waals surface area (Å²) in [6, 6.07) is 17.6. The molecule has 0 aliphatic rings. The molecule has 0 aliphatic carbocycles. The van der Waals surface area contributed by atoms with Crippen molar-refractivity contribution in [2.75, 3.05) is 27.9 Å². The third kappa shape index (κ3) is 5.28. The second kappa shape index (κ2) is 11.1. The average Bonchev–Trinajstić information content (AvgIpc) is 3.24. The Morgan fingerprint density at radius 3 is 2.22 bits per heavy atom. The van der Waals surface area contributed by atoms with Crippen LogP contribution < -0.4 is 19.5 Å². The number of nitrogens with one attached hydrogen (secondary N) is 1. The number of ether oxygens (including phenoxy) is 3. The molecule has 3 aromatic carbocycles. The van der Waals surface area contributed by atoms with Crippen LogP contribution >= 0.6 is 11.6 Å². The van der Waals surface area contributed by atoms with E-state index in [1.54, 1.807) is 36.4 Å². The average molecular weight is 508 g/mol. The van der Waals surface area contributed by atoms with Crippen molar-refractivity contribution in [3.8, 4) is 17.2 Å². The van der Waals surface area contributed by atoms with Gasteiger partial charge in [0.25, 0.3) is 5.91 Å². The normalized spacial score (nSPS) is 10.8. The summed E-state index contributed by atoms with van der Waals surface area (Å²) in [5.41, 5.74) is 2.58. The molecule has 0 radical (unpaired) electrons. The van der Waals surface area contributed by atoms with E-state index in [1.807, 2.05) is 28.8 Å². The predicted octanol–water partition coefficient (Wildman–Crippen LogP) is 4.57. The quantitative estimate of drug-likeness (QED) is 0.316. The molecule has 4 aromatic rings. The summed E-state index contributed by atoms with van der Waals surface area (Å²) in [6.07, 6.45) is 0.429. The van der Waals surface area contributed by atoms with Crippen LogP contribution in [-0.2, 0) is 13.0 Å². The number of Topliss-reactive ketones (excluding diaryl/α,β-unsaturated/α-hetero) is 1. The van der Waals surface area contributed by atoms with E-state index in [9.17, 15) is 9.59 Å². The van der Waals surface area contributed by atoms with Gasteiger partial charge in [0.2, 0.25) is 5.75 Å². The van der Waals surface area contributed by atoms with Crippen LogP contribution in [0.5, 0.6) is 17.2 Å². The van der Waals surface area contributed by atoms with Crippen molar-refractivity contribution < 1.29 is 23.8 Å². The maximum atomic E-state index is 13.0. The highest BCUT2D eigenvalue weighted by Gasteiger charge is 2.18. The Morgan fingerprint density at radius 2 is 1.58 bits per heavy atom. The summed E-state index contributed by atoms with van der Waals surface area (Å²) in [5.74, 6) is 1.54. The van der Waals surface area contributed by atoms with Gasteiger partial charge in [-0.1, -0.05) is 23.7 Å². The van der Waals surface area contributed by atoms with Gasteiger partial charge in [-0.3, -0.25) is 9.59 Å². The van der Waals surface area contributed by atoms with Crippen molar-refractivity contribution in [2.45, 2.75) is 13.0 Å². The van der Waals surface area contributed by atoms with Crippen molar-refractivity contribution >= 4 is 34.3 Å². The molecule has 0 unspecified atom stereocenters. The van der Waals surface area contributed by atoms with Crippen LogP contribution in [0.25, 0.3) is 11.0 Å². The van der Waals surface area contributed by atoms with E-state index in [2.05, 4.69) is 5.32 Å². The monoisotopic (exact) mass is 507 g/mol. The number of methoxy groups -OCH3 is 3. The number of halogens is 1. The summed E-state index contributed by atoms with van der Waals surface area (Å²) >= 11 is 5.96. The fraction of sp³-hybridized carbons (Fsp3) is 0.222. The van der Waals surface area contributed by atoms with E-state index >= 15 is 0 Å². The highest BCUT2D eigenvalue weighted by atomic mass is 35.5. The van der Waals surface area contributed by atoms with E-state index < -0.39 is 0 Å². The number of aromatic nitrogens is 2. The molecule has 1 N–H and O–H groups in total. The van der Waals surface area contributed by atoms with Crippen LogP contribution in [0.2, 0.25) is 5.02 Å². The molecule has 0 saturated carbocycles. The maximum absolute atomic E-state index is 13.0. The van der Waals surface area contributed by atoms with Crippen LogP contribution in [0.3, 0.4) is 0 Å². The molecule has 0 spiro atoms. The van der Waals surface area contributed by atoms with Crippen molar-refractivity contribution in [1.29, 1.82) is 0 Å². The number of para-hydroxylation sites is 2. The van der Waals surface area contributed by atoms with Crippen LogP contribution in [-0.4, -0.2) is 49.1 Å². The second-order valence-electron chi connectivity index (χ2n) is 7.95. The van der Waals surface area contributed by atoms with Crippen molar-refractivity contribution in [2.24, 2.45) is 0 Å². The van der Waals surface area contributed by atoms with E-state index in [0.29, 0.717) is 52.2 Å². The van der Waals surface area contributed by atoms with Crippen LogP contribution in [0.4, 0.5) is 0 Å². The first-order valence-corrected chi connectivity index (χ1v) is 11.6. The van der Waals surface area contributed by atoms with Gasteiger partial charge >= 0.3 is 0 Å². The summed E-state index contributed by atoms with van der Waals surface area (Å²) in [5, 5.41) is 3.48. The van der Waals surface area contributed by atoms with Gasteiger partial charge in [0.15, 0.2) is 17.3 Å². The van der Waals surface area contributed by atoms with Crippen molar-refractivity contribution in [1.82, 2.24) is 14.9 Å². The number of carbonyl (C=O) groups excluding carboxylic acids is 2. The molecule has 4 rings (SSSR count). The lowest BCUT2D eigenvalue weighted by molar-refractivity contribution is 0.0947. The fourth-order valence-corrected chi connectivity index (χ4v) is 4.09. The van der Waals surface area contributed by atoms with E-state index in [0.717, 1.165) is 11.0 Å². The van der Waals surface area contributed by atoms with Gasteiger partial charge in [-0.15, -0.1) is 0 Å². The molecule has 9 heteroatoms. The number of ketones is 1. The Labute approximate surface area is 213 Å². The van der Waals surface area contributed by atoms with Crippen LogP contribution in [0.15, 0.2) is 60.7 Å². The molecule has 8 nitrogen and oxygen atoms in total. The SMILES string of the molecule is COc1cc(C(=O)NCCc2nc3ccccc3n2CC(=O)c2ccc(Cl)cc2)cc(OC)c1OC. The smallest absolute Gasteiger partial charge is 0.251 e. The number of amides is 1. The lowest BCUT2D eigenvalue weighted by Crippen LogP contribution is -2.27. The van der Waals surface area contributed by atoms with Crippen molar-refractivity contribution in [3.63, 3.8) is 0 Å². The number of carbonyl (C=O) groups is 2. The Bertz CT molecular complexity index is 1370. The molecule has 0 saturated heterocycles. The Balaban J connectivity index is 1.51. The van der Waals surface area contributed by atoms with Gasteiger partial charge in [-0.05, 0) is 48.5 Å². The number of rotatable bonds is 10. The number of fused-ring (bicyclic) bond motifs is 1. The standard InChI is InChI=1S/C27H26ClN3O5/c1-34-23-14-18(15-24(35-2)26(23)36-3)27(33)29-13-12-25-30-20-6-4-5-7-21(20)31(25)16-22(32)17-8-10-19(28)11-9-17/h4-11,14-15H,12-13,16H2,1-3H3,(H,29,33). The zero-order chi connectivity index (χ0) is 25.7. The second-order valence-corrected chi connectivity index (χ2v) is 8.39. The molecule has 0 bridgehead atoms. The number of hydrogen-bond acceptors (Lipinski definition) is 6. The highest BCUT2D eigenvalue weighted by molar-refractivity contribution is 6.30. The molecular formula is C27H26ClN3O5. The van der Waals surface area contributed by atoms with Crippen molar-refractivity contribution in [3.05, 3.63) is 82.6 Å². The van der Waals surface area contributed by atoms with E-state index in [4.69, 9.17) is 30.8 Å². The van der Waals surface area contributed by atoms with Gasteiger partial charge in [0, 0.05) is 29.1 Å². The summed E-state index contributed by atoms with van der Waals surface area (Å²) in [7, 11) is 4.49. The van der Waals surface area contributed by atoms with Gasteiger partial charge < -0.3 is 24.1 Å². The number of benzene rings is 3. The van der Waals surface area contributed by atoms with E-state index in [1.165, 1.54) is 21.3 Å². The zero-order valence-corrected chi connectivity index (χ0v) is 21.0. The minimum absolute atomic E-state index is 0.0578. The number of imidazole rings is 1. The molecule has 1 heterocycles. The minimum atomic E-state index is -0.297. The highest BCUT2D eigenvalue weighted by Crippen LogP contribution is 2.38. The summed E-state index contributed by atoms with van der Waals surface area (Å²) in [4.78, 5) is 30.5. The summed E-state index contributed by atoms with van der Waals surface area (Å²) < 4.78 is 17.9. The first kappa shape index (κ1) is 25.1. The molecule has 0 atom stereocenters. The third-order valence-corrected chi connectivity index (χ3v) is 6.01. The van der Waals surface area contributed by atoms with Crippen LogP contribution in [0, 0.1) is 0 Å². The zero-order valence-electron chi connectivity index (χ0n) is 20.2. The Morgan fingerprint density at radius 1 is 0.917 bits per heavy atom. The maximum Gasteiger partial charge on any atom is 0.251 e. The Hall–Kier alpha value is -4.04. The largest absolute Gasteiger partial charge is 0.493 e. The minimum Gasteiger partial charge on any atom is -0.493 e. The Kier molecular flexibility index (Phi) is 7.75. The molecule has 186 valence electrons. The topological polar surface area (TPSA) is 91.7 Å². The van der Waals surface area contributed by atoms with Gasteiger partial charge in [0.05, 0.1) is 38.9 Å². The molecule has 36 heavy (non-hydrogen) atoms. The molecule has 1 amide bonds. The third-order valence-electron chi connectivity index (χ3n) is 5.76. The van der Waals surface area contributed by atoms with E-state index in [-0.39, 0.29) is 18.2 Å². The first-order valence-electron chi connectivity index (χ1n) is 11.3. The number of hydrogen-bond donors (Lipinski definition) is 1. The van der Waals surface area contributed by atoms with Gasteiger partial charge in [-0.25, -0.2) is 4.98 Å². The lowest BCUT2D eigenvalue weighted by atomic mass is 10.1. The molecule has 0 aliphatic heterocycles. The first-order chi connectivity index (χ1) is 17.4. The fourth-order valence-electron chi connectivity index (χ4n) is 3.97.